The van der Waals surface area contributed by atoms with Crippen LogP contribution in [0.1, 0.15) is 6.42 Å². The number of amides is 2. The number of anilines is 1. The summed E-state index contributed by atoms with van der Waals surface area (Å²) in [5.41, 5.74) is 0.483. The molecule has 0 aliphatic carbocycles. The lowest BCUT2D eigenvalue weighted by molar-refractivity contribution is -0.128. The van der Waals surface area contributed by atoms with Crippen molar-refractivity contribution < 1.29 is 19.1 Å². The van der Waals surface area contributed by atoms with E-state index in [1.54, 1.807) is 0 Å². The van der Waals surface area contributed by atoms with Crippen LogP contribution in [-0.2, 0) is 9.59 Å². The van der Waals surface area contributed by atoms with E-state index in [0.29, 0.717) is 18.7 Å². The molecule has 0 radical (unpaired) electrons. The summed E-state index contributed by atoms with van der Waals surface area (Å²) >= 11 is 5.67. The second-order valence-corrected chi connectivity index (χ2v) is 4.56. The third-order valence-electron chi connectivity index (χ3n) is 2.90. The van der Waals surface area contributed by atoms with Crippen molar-refractivity contribution in [1.82, 2.24) is 5.32 Å². The molecule has 1 aliphatic heterocycles. The number of halogens is 2. The van der Waals surface area contributed by atoms with E-state index in [-0.39, 0.29) is 10.9 Å². The van der Waals surface area contributed by atoms with E-state index in [1.807, 2.05) is 0 Å². The lowest BCUT2D eigenvalue weighted by Crippen LogP contribution is -2.42. The van der Waals surface area contributed by atoms with Gasteiger partial charge >= 0.3 is 0 Å². The molecule has 0 saturated carbocycles. The Morgan fingerprint density at radius 1 is 1.58 bits per heavy atom. The van der Waals surface area contributed by atoms with Crippen LogP contribution < -0.4 is 10.2 Å². The molecule has 0 aromatic heterocycles. The van der Waals surface area contributed by atoms with Crippen molar-refractivity contribution >= 4 is 29.1 Å². The number of carbonyl (C=O) groups is 2. The Morgan fingerprint density at radius 2 is 2.32 bits per heavy atom. The van der Waals surface area contributed by atoms with Gasteiger partial charge in [0.05, 0.1) is 5.02 Å². The molecule has 1 aliphatic rings. The lowest BCUT2D eigenvalue weighted by atomic mass is 10.2. The van der Waals surface area contributed by atoms with Gasteiger partial charge in [-0.1, -0.05) is 11.6 Å². The van der Waals surface area contributed by atoms with Crippen LogP contribution in [0.4, 0.5) is 10.1 Å². The van der Waals surface area contributed by atoms with Gasteiger partial charge in [0.2, 0.25) is 11.8 Å². The Morgan fingerprint density at radius 3 is 2.95 bits per heavy atom. The topological polar surface area (TPSA) is 69.6 Å². The van der Waals surface area contributed by atoms with Gasteiger partial charge in [-0.2, -0.15) is 0 Å². The van der Waals surface area contributed by atoms with E-state index in [1.165, 1.54) is 23.1 Å². The third kappa shape index (κ3) is 2.85. The van der Waals surface area contributed by atoms with Gasteiger partial charge in [0, 0.05) is 12.2 Å². The van der Waals surface area contributed by atoms with Crippen LogP contribution in [0, 0.1) is 5.82 Å². The first-order valence-electron chi connectivity index (χ1n) is 5.69. The molecule has 1 atom stereocenters. The second-order valence-electron chi connectivity index (χ2n) is 4.16. The monoisotopic (exact) mass is 286 g/mol. The Bertz CT molecular complexity index is 524. The molecule has 1 heterocycles. The summed E-state index contributed by atoms with van der Waals surface area (Å²) in [6.45, 7) is -0.261. The molecule has 2 amide bonds. The molecule has 2 N–H and O–H groups in total. The van der Waals surface area contributed by atoms with Crippen LogP contribution in [0.5, 0.6) is 0 Å². The fraction of sp³-hybridized carbons (Fsp3) is 0.333. The van der Waals surface area contributed by atoms with E-state index in [4.69, 9.17) is 16.7 Å². The summed E-state index contributed by atoms with van der Waals surface area (Å²) in [6, 6.07) is 3.34. The highest BCUT2D eigenvalue weighted by atomic mass is 35.5. The van der Waals surface area contributed by atoms with Crippen LogP contribution >= 0.6 is 11.6 Å². The summed E-state index contributed by atoms with van der Waals surface area (Å²) < 4.78 is 13.1. The predicted molar refractivity (Wildman–Crippen MR) is 67.4 cm³/mol. The van der Waals surface area contributed by atoms with E-state index in [9.17, 15) is 14.0 Å². The number of benzene rings is 1. The largest absolute Gasteiger partial charge is 0.387 e. The first kappa shape index (κ1) is 13.8. The highest BCUT2D eigenvalue weighted by Gasteiger charge is 2.33. The van der Waals surface area contributed by atoms with Gasteiger partial charge in [0.1, 0.15) is 18.5 Å². The third-order valence-corrected chi connectivity index (χ3v) is 3.19. The lowest BCUT2D eigenvalue weighted by Gasteiger charge is -2.17. The van der Waals surface area contributed by atoms with Crippen molar-refractivity contribution in [3.05, 3.63) is 29.0 Å². The minimum atomic E-state index is -0.663. The van der Waals surface area contributed by atoms with E-state index in [0.717, 1.165) is 0 Å². The van der Waals surface area contributed by atoms with Gasteiger partial charge in [-0.05, 0) is 24.6 Å². The van der Waals surface area contributed by atoms with Crippen LogP contribution in [0.3, 0.4) is 0 Å². The van der Waals surface area contributed by atoms with Crippen LogP contribution in [0.2, 0.25) is 5.02 Å². The van der Waals surface area contributed by atoms with Crippen molar-refractivity contribution in [3.8, 4) is 0 Å². The van der Waals surface area contributed by atoms with Crippen molar-refractivity contribution in [3.63, 3.8) is 0 Å². The van der Waals surface area contributed by atoms with E-state index in [2.05, 4.69) is 5.32 Å². The normalized spacial score (nSPS) is 18.8. The molecule has 1 fully saturated rings. The van der Waals surface area contributed by atoms with Crippen molar-refractivity contribution in [2.45, 2.75) is 12.5 Å². The molecule has 2 rings (SSSR count). The second kappa shape index (κ2) is 5.54. The molecular formula is C12H12ClFN2O3. The number of aliphatic hydroxyl groups is 1. The molecule has 5 nitrogen and oxygen atoms in total. The highest BCUT2D eigenvalue weighted by molar-refractivity contribution is 6.31. The average Bonchev–Trinajstić information content (AvgIpc) is 2.74. The predicted octanol–water partition coefficient (Wildman–Crippen LogP) is 0.693. The van der Waals surface area contributed by atoms with Crippen LogP contribution in [-0.4, -0.2) is 36.1 Å². The standard InChI is InChI=1S/C12H12ClFN2O3/c13-8-5-7(1-2-9(8)14)16-4-3-10(12(16)19)15-11(18)6-17/h1-2,5,10,17H,3-4,6H2,(H,15,18). The molecule has 102 valence electrons. The number of nitrogens with zero attached hydrogens (tertiary/aromatic N) is 1. The number of nitrogens with one attached hydrogen (secondary N) is 1. The summed E-state index contributed by atoms with van der Waals surface area (Å²) in [6.07, 6.45) is 0.430. The quantitative estimate of drug-likeness (QED) is 0.859. The summed E-state index contributed by atoms with van der Waals surface area (Å²) in [5.74, 6) is -1.45. The fourth-order valence-corrected chi connectivity index (χ4v) is 2.14. The smallest absolute Gasteiger partial charge is 0.249 e. The number of hydrogen-bond acceptors (Lipinski definition) is 3. The Labute approximate surface area is 114 Å². The summed E-state index contributed by atoms with van der Waals surface area (Å²) in [5, 5.41) is 11.0. The number of hydrogen-bond donors (Lipinski definition) is 2. The molecule has 1 saturated heterocycles. The molecule has 0 spiro atoms. The molecule has 19 heavy (non-hydrogen) atoms. The first-order valence-corrected chi connectivity index (χ1v) is 6.07. The van der Waals surface area contributed by atoms with Gasteiger partial charge in [0.25, 0.3) is 0 Å². The SMILES string of the molecule is O=C(CO)NC1CCN(c2ccc(F)c(Cl)c2)C1=O. The van der Waals surface area contributed by atoms with Gasteiger partial charge in [0.15, 0.2) is 0 Å². The zero-order valence-electron chi connectivity index (χ0n) is 9.90. The van der Waals surface area contributed by atoms with Crippen molar-refractivity contribution in [1.29, 1.82) is 0 Å². The number of carbonyl (C=O) groups excluding carboxylic acids is 2. The average molecular weight is 287 g/mol. The zero-order valence-corrected chi connectivity index (χ0v) is 10.7. The molecule has 7 heteroatoms. The Hall–Kier alpha value is -1.66. The number of aliphatic hydroxyl groups excluding tert-OH is 1. The highest BCUT2D eigenvalue weighted by Crippen LogP contribution is 2.26. The Kier molecular flexibility index (Phi) is 4.01. The minimum absolute atomic E-state index is 0.0619. The molecule has 0 bridgehead atoms. The maximum Gasteiger partial charge on any atom is 0.249 e. The van der Waals surface area contributed by atoms with E-state index >= 15 is 0 Å². The first-order chi connectivity index (χ1) is 9.02. The fourth-order valence-electron chi connectivity index (χ4n) is 1.96. The maximum atomic E-state index is 13.1. The molecule has 1 unspecified atom stereocenters. The van der Waals surface area contributed by atoms with E-state index < -0.39 is 24.4 Å². The minimum Gasteiger partial charge on any atom is -0.387 e. The van der Waals surface area contributed by atoms with Gasteiger partial charge in [-0.15, -0.1) is 0 Å². The van der Waals surface area contributed by atoms with Gasteiger partial charge in [-0.3, -0.25) is 9.59 Å². The van der Waals surface area contributed by atoms with Crippen LogP contribution in [0.15, 0.2) is 18.2 Å². The summed E-state index contributed by atoms with van der Waals surface area (Å²) in [7, 11) is 0. The van der Waals surface area contributed by atoms with Gasteiger partial charge in [-0.25, -0.2) is 4.39 Å². The molecular weight excluding hydrogens is 275 g/mol. The maximum absolute atomic E-state index is 13.1. The molecule has 1 aromatic carbocycles. The van der Waals surface area contributed by atoms with Crippen LogP contribution in [0.25, 0.3) is 0 Å². The van der Waals surface area contributed by atoms with Crippen molar-refractivity contribution in [2.75, 3.05) is 18.1 Å². The zero-order chi connectivity index (χ0) is 14.0. The van der Waals surface area contributed by atoms with Crippen molar-refractivity contribution in [2.24, 2.45) is 0 Å². The number of rotatable bonds is 3. The Balaban J connectivity index is 2.13. The summed E-state index contributed by atoms with van der Waals surface area (Å²) in [4.78, 5) is 24.5. The molecule has 1 aromatic rings. The van der Waals surface area contributed by atoms with Gasteiger partial charge < -0.3 is 15.3 Å².